The molecule has 0 fully saturated rings. The molecular weight excluding hydrogens is 272 g/mol. The van der Waals surface area contributed by atoms with Crippen LogP contribution in [0.5, 0.6) is 0 Å². The number of carbonyl (C=O) groups excluding carboxylic acids is 1. The summed E-state index contributed by atoms with van der Waals surface area (Å²) in [4.78, 5) is 12.0. The molecule has 0 bridgehead atoms. The van der Waals surface area contributed by atoms with Gasteiger partial charge in [-0.1, -0.05) is 13.8 Å². The van der Waals surface area contributed by atoms with Gasteiger partial charge in [0.15, 0.2) is 0 Å². The first kappa shape index (κ1) is 15.1. The molecule has 0 aromatic carbocycles. The molecule has 7 heteroatoms. The molecule has 3 N–H and O–H groups in total. The molecule has 1 rings (SSSR count). The van der Waals surface area contributed by atoms with Crippen LogP contribution in [-0.2, 0) is 10.0 Å². The number of nitrogens with one attached hydrogen (secondary N) is 1. The van der Waals surface area contributed by atoms with Crippen molar-refractivity contribution in [3.05, 3.63) is 16.5 Å². The van der Waals surface area contributed by atoms with Gasteiger partial charge in [-0.05, 0) is 25.3 Å². The predicted octanol–water partition coefficient (Wildman–Crippen LogP) is 1.48. The van der Waals surface area contributed by atoms with Crippen LogP contribution in [0.3, 0.4) is 0 Å². The average molecular weight is 290 g/mol. The van der Waals surface area contributed by atoms with Crippen molar-refractivity contribution in [3.8, 4) is 0 Å². The van der Waals surface area contributed by atoms with Crippen molar-refractivity contribution in [2.75, 3.05) is 0 Å². The SMILES string of the molecule is Cc1c(C(=O)NC(C)C(C)C)csc1S(N)(=O)=O. The molecule has 1 unspecified atom stereocenters. The largest absolute Gasteiger partial charge is 0.349 e. The summed E-state index contributed by atoms with van der Waals surface area (Å²) in [7, 11) is -3.75. The van der Waals surface area contributed by atoms with Crippen LogP contribution in [-0.4, -0.2) is 20.4 Å². The third-order valence-corrected chi connectivity index (χ3v) is 5.54. The first-order chi connectivity index (χ1) is 8.14. The van der Waals surface area contributed by atoms with Crippen LogP contribution in [0.25, 0.3) is 0 Å². The molecule has 18 heavy (non-hydrogen) atoms. The van der Waals surface area contributed by atoms with E-state index >= 15 is 0 Å². The van der Waals surface area contributed by atoms with Crippen LogP contribution in [0.4, 0.5) is 0 Å². The van der Waals surface area contributed by atoms with Crippen LogP contribution in [0.1, 0.15) is 36.7 Å². The molecular formula is C11H18N2O3S2. The number of carbonyl (C=O) groups is 1. The Hall–Kier alpha value is -0.920. The molecule has 0 saturated heterocycles. The minimum atomic E-state index is -3.75. The minimum Gasteiger partial charge on any atom is -0.349 e. The van der Waals surface area contributed by atoms with E-state index < -0.39 is 10.0 Å². The van der Waals surface area contributed by atoms with Gasteiger partial charge >= 0.3 is 0 Å². The van der Waals surface area contributed by atoms with Gasteiger partial charge in [0.2, 0.25) is 10.0 Å². The van der Waals surface area contributed by atoms with E-state index in [2.05, 4.69) is 5.32 Å². The maximum Gasteiger partial charge on any atom is 0.252 e. The summed E-state index contributed by atoms with van der Waals surface area (Å²) >= 11 is 0.973. The molecule has 1 aromatic rings. The van der Waals surface area contributed by atoms with Crippen molar-refractivity contribution in [2.45, 2.75) is 37.9 Å². The maximum atomic E-state index is 12.0. The smallest absolute Gasteiger partial charge is 0.252 e. The molecule has 5 nitrogen and oxygen atoms in total. The second-order valence-corrected chi connectivity index (χ2v) is 7.25. The lowest BCUT2D eigenvalue weighted by molar-refractivity contribution is 0.0930. The van der Waals surface area contributed by atoms with Crippen molar-refractivity contribution < 1.29 is 13.2 Å². The monoisotopic (exact) mass is 290 g/mol. The quantitative estimate of drug-likeness (QED) is 0.880. The Balaban J connectivity index is 2.99. The number of rotatable bonds is 4. The van der Waals surface area contributed by atoms with Gasteiger partial charge in [-0.2, -0.15) is 0 Å². The summed E-state index contributed by atoms with van der Waals surface area (Å²) in [6.07, 6.45) is 0. The predicted molar refractivity (Wildman–Crippen MR) is 72.2 cm³/mol. The minimum absolute atomic E-state index is 0.0229. The lowest BCUT2D eigenvalue weighted by atomic mass is 10.1. The lowest BCUT2D eigenvalue weighted by Crippen LogP contribution is -2.36. The third kappa shape index (κ3) is 3.30. The standard InChI is InChI=1S/C11H18N2O3S2/c1-6(2)8(4)13-10(14)9-5-17-11(7(9)3)18(12,15)16/h5-6,8H,1-4H3,(H,13,14)(H2,12,15,16). The van der Waals surface area contributed by atoms with Gasteiger partial charge in [0.25, 0.3) is 5.91 Å². The first-order valence-corrected chi connectivity index (χ1v) is 7.99. The Bertz CT molecular complexity index is 547. The molecule has 1 aromatic heterocycles. The van der Waals surface area contributed by atoms with Gasteiger partial charge in [-0.15, -0.1) is 11.3 Å². The molecule has 0 aliphatic carbocycles. The highest BCUT2D eigenvalue weighted by atomic mass is 32.2. The fourth-order valence-corrected chi connectivity index (χ4v) is 3.37. The van der Waals surface area contributed by atoms with Gasteiger partial charge in [0, 0.05) is 11.4 Å². The summed E-state index contributed by atoms with van der Waals surface area (Å²) in [6.45, 7) is 7.50. The van der Waals surface area contributed by atoms with Crippen molar-refractivity contribution >= 4 is 27.3 Å². The summed E-state index contributed by atoms with van der Waals surface area (Å²) in [5, 5.41) is 9.43. The molecule has 0 spiro atoms. The zero-order valence-corrected chi connectivity index (χ0v) is 12.5. The molecule has 0 radical (unpaired) electrons. The van der Waals surface area contributed by atoms with Crippen molar-refractivity contribution in [2.24, 2.45) is 11.1 Å². The van der Waals surface area contributed by atoms with Crippen LogP contribution in [0, 0.1) is 12.8 Å². The van der Waals surface area contributed by atoms with Crippen LogP contribution >= 0.6 is 11.3 Å². The van der Waals surface area contributed by atoms with E-state index in [1.54, 1.807) is 6.92 Å². The molecule has 1 amide bonds. The van der Waals surface area contributed by atoms with Gasteiger partial charge in [-0.3, -0.25) is 4.79 Å². The molecule has 102 valence electrons. The zero-order chi connectivity index (χ0) is 14.1. The van der Waals surface area contributed by atoms with Gasteiger partial charge in [-0.25, -0.2) is 13.6 Å². The fraction of sp³-hybridized carbons (Fsp3) is 0.545. The summed E-state index contributed by atoms with van der Waals surface area (Å²) in [6, 6.07) is 0.0229. The normalized spacial score (nSPS) is 13.7. The summed E-state index contributed by atoms with van der Waals surface area (Å²) < 4.78 is 22.6. The van der Waals surface area contributed by atoms with E-state index in [-0.39, 0.29) is 16.2 Å². The Morgan fingerprint density at radius 1 is 1.39 bits per heavy atom. The number of primary sulfonamides is 1. The topological polar surface area (TPSA) is 89.3 Å². The number of sulfonamides is 1. The Kier molecular flexibility index (Phi) is 4.52. The first-order valence-electron chi connectivity index (χ1n) is 5.56. The van der Waals surface area contributed by atoms with Gasteiger partial charge in [0.1, 0.15) is 4.21 Å². The van der Waals surface area contributed by atoms with Gasteiger partial charge in [0.05, 0.1) is 5.56 Å². The highest BCUT2D eigenvalue weighted by Crippen LogP contribution is 2.25. The summed E-state index contributed by atoms with van der Waals surface area (Å²) in [5.41, 5.74) is 0.785. The Labute approximate surface area is 111 Å². The van der Waals surface area contributed by atoms with Crippen LogP contribution in [0.15, 0.2) is 9.59 Å². The zero-order valence-electron chi connectivity index (χ0n) is 10.9. The molecule has 0 aliphatic rings. The second kappa shape index (κ2) is 5.38. The average Bonchev–Trinajstić information content (AvgIpc) is 2.59. The van der Waals surface area contributed by atoms with E-state index in [0.717, 1.165) is 11.3 Å². The second-order valence-electron chi connectivity index (χ2n) is 4.61. The fourth-order valence-electron chi connectivity index (χ4n) is 1.35. The van der Waals surface area contributed by atoms with Crippen molar-refractivity contribution in [3.63, 3.8) is 0 Å². The molecule has 1 atom stereocenters. The Morgan fingerprint density at radius 2 is 1.94 bits per heavy atom. The number of nitrogens with two attached hydrogens (primary N) is 1. The number of thiophene rings is 1. The number of hydrogen-bond donors (Lipinski definition) is 2. The summed E-state index contributed by atoms with van der Waals surface area (Å²) in [5.74, 6) is 0.0467. The maximum absolute atomic E-state index is 12.0. The van der Waals surface area contributed by atoms with E-state index in [1.165, 1.54) is 5.38 Å². The number of hydrogen-bond acceptors (Lipinski definition) is 4. The van der Waals surface area contributed by atoms with E-state index in [4.69, 9.17) is 5.14 Å². The lowest BCUT2D eigenvalue weighted by Gasteiger charge is -2.17. The molecule has 0 aliphatic heterocycles. The van der Waals surface area contributed by atoms with Crippen molar-refractivity contribution in [1.29, 1.82) is 0 Å². The molecule has 1 heterocycles. The van der Waals surface area contributed by atoms with E-state index in [9.17, 15) is 13.2 Å². The molecule has 0 saturated carbocycles. The van der Waals surface area contributed by atoms with Crippen molar-refractivity contribution in [1.82, 2.24) is 5.32 Å². The number of amides is 1. The van der Waals surface area contributed by atoms with E-state index in [0.29, 0.717) is 17.0 Å². The highest BCUT2D eigenvalue weighted by molar-refractivity contribution is 7.91. The highest BCUT2D eigenvalue weighted by Gasteiger charge is 2.22. The third-order valence-electron chi connectivity index (χ3n) is 2.86. The van der Waals surface area contributed by atoms with Gasteiger partial charge < -0.3 is 5.32 Å². The van der Waals surface area contributed by atoms with E-state index in [1.807, 2.05) is 20.8 Å². The van der Waals surface area contributed by atoms with Crippen LogP contribution < -0.4 is 10.5 Å². The Morgan fingerprint density at radius 3 is 2.33 bits per heavy atom. The van der Waals surface area contributed by atoms with Crippen LogP contribution in [0.2, 0.25) is 0 Å².